The molecule has 0 bridgehead atoms. The number of hydrogen-bond acceptors (Lipinski definition) is 3. The molecule has 1 aliphatic carbocycles. The molecule has 0 aromatic carbocycles. The van der Waals surface area contributed by atoms with Crippen molar-refractivity contribution in [2.75, 3.05) is 27.2 Å². The lowest BCUT2D eigenvalue weighted by atomic mass is 10.1. The number of piperidine rings is 1. The van der Waals surface area contributed by atoms with Crippen LogP contribution in [0.4, 0.5) is 0 Å². The lowest BCUT2D eigenvalue weighted by Gasteiger charge is -2.28. The molecular formula is C9H15NO3. The summed E-state index contributed by atoms with van der Waals surface area (Å²) in [5, 5.41) is 8.97. The molecule has 0 aromatic rings. The number of carboxylic acids is 1. The fourth-order valence-corrected chi connectivity index (χ4v) is 2.70. The van der Waals surface area contributed by atoms with E-state index in [4.69, 9.17) is 9.84 Å². The van der Waals surface area contributed by atoms with Crippen molar-refractivity contribution >= 4 is 5.97 Å². The smallest absolute Gasteiger partial charge is 0.309 e. The van der Waals surface area contributed by atoms with Crippen molar-refractivity contribution in [3.63, 3.8) is 0 Å². The number of ether oxygens (including phenoxy) is 1. The first-order valence-corrected chi connectivity index (χ1v) is 4.58. The Labute approximate surface area is 77.5 Å². The van der Waals surface area contributed by atoms with Gasteiger partial charge in [0, 0.05) is 19.6 Å². The second kappa shape index (κ2) is 2.69. The third-order valence-corrected chi connectivity index (χ3v) is 3.43. The molecular weight excluding hydrogens is 170 g/mol. The lowest BCUT2D eigenvalue weighted by molar-refractivity contribution is -0.140. The standard InChI is InChI=1S/C9H15NO3/c1-10-4-3-6-7(8(11)12)9(6,5-10)13-2/h6-7H,3-5H2,1-2H3,(H,11,12). The van der Waals surface area contributed by atoms with Crippen LogP contribution in [0, 0.1) is 11.8 Å². The van der Waals surface area contributed by atoms with Crippen LogP contribution in [0.2, 0.25) is 0 Å². The third kappa shape index (κ3) is 1.09. The molecule has 1 aliphatic heterocycles. The van der Waals surface area contributed by atoms with Gasteiger partial charge in [0.15, 0.2) is 0 Å². The van der Waals surface area contributed by atoms with E-state index in [9.17, 15) is 4.79 Å². The second-order valence-corrected chi connectivity index (χ2v) is 4.11. The van der Waals surface area contributed by atoms with Crippen molar-refractivity contribution in [2.24, 2.45) is 11.8 Å². The number of carbonyl (C=O) groups is 1. The Morgan fingerprint density at radius 3 is 2.92 bits per heavy atom. The van der Waals surface area contributed by atoms with Crippen molar-refractivity contribution in [2.45, 2.75) is 12.0 Å². The van der Waals surface area contributed by atoms with E-state index in [1.165, 1.54) is 0 Å². The maximum atomic E-state index is 10.9. The summed E-state index contributed by atoms with van der Waals surface area (Å²) in [5.74, 6) is -0.740. The van der Waals surface area contributed by atoms with E-state index < -0.39 is 5.97 Å². The average molecular weight is 185 g/mol. The zero-order chi connectivity index (χ0) is 9.64. The van der Waals surface area contributed by atoms with Gasteiger partial charge < -0.3 is 14.7 Å². The summed E-state index contributed by atoms with van der Waals surface area (Å²) in [6.07, 6.45) is 0.946. The second-order valence-electron chi connectivity index (χ2n) is 4.11. The predicted molar refractivity (Wildman–Crippen MR) is 46.5 cm³/mol. The van der Waals surface area contributed by atoms with E-state index in [1.807, 2.05) is 7.05 Å². The molecule has 0 amide bonds. The fraction of sp³-hybridized carbons (Fsp3) is 0.889. The first kappa shape index (κ1) is 8.97. The number of likely N-dealkylation sites (N-methyl/N-ethyl adjacent to an activating group) is 1. The number of carboxylic acid groups (broad SMARTS) is 1. The molecule has 1 saturated carbocycles. The van der Waals surface area contributed by atoms with Crippen molar-refractivity contribution in [3.05, 3.63) is 0 Å². The normalized spacial score (nSPS) is 44.2. The maximum absolute atomic E-state index is 10.9. The van der Waals surface area contributed by atoms with Crippen LogP contribution in [0.5, 0.6) is 0 Å². The number of methoxy groups -OCH3 is 1. The van der Waals surface area contributed by atoms with Crippen LogP contribution in [0.25, 0.3) is 0 Å². The molecule has 4 heteroatoms. The van der Waals surface area contributed by atoms with Crippen molar-refractivity contribution in [1.29, 1.82) is 0 Å². The minimum atomic E-state index is -0.706. The molecule has 1 saturated heterocycles. The number of rotatable bonds is 2. The van der Waals surface area contributed by atoms with Gasteiger partial charge in [-0.25, -0.2) is 0 Å². The van der Waals surface area contributed by atoms with Gasteiger partial charge in [0.25, 0.3) is 0 Å². The molecule has 4 nitrogen and oxygen atoms in total. The zero-order valence-corrected chi connectivity index (χ0v) is 7.99. The van der Waals surface area contributed by atoms with Gasteiger partial charge in [-0.2, -0.15) is 0 Å². The van der Waals surface area contributed by atoms with Gasteiger partial charge in [-0.3, -0.25) is 4.79 Å². The highest BCUT2D eigenvalue weighted by atomic mass is 16.5. The van der Waals surface area contributed by atoms with E-state index in [2.05, 4.69) is 4.90 Å². The topological polar surface area (TPSA) is 49.8 Å². The summed E-state index contributed by atoms with van der Waals surface area (Å²) >= 11 is 0. The Hall–Kier alpha value is -0.610. The number of likely N-dealkylation sites (tertiary alicyclic amines) is 1. The first-order chi connectivity index (χ1) is 6.12. The number of hydrogen-bond donors (Lipinski definition) is 1. The van der Waals surface area contributed by atoms with Gasteiger partial charge >= 0.3 is 5.97 Å². The monoisotopic (exact) mass is 185 g/mol. The Balaban J connectivity index is 2.15. The fourth-order valence-electron chi connectivity index (χ4n) is 2.70. The van der Waals surface area contributed by atoms with E-state index in [1.54, 1.807) is 7.11 Å². The van der Waals surface area contributed by atoms with Crippen LogP contribution < -0.4 is 0 Å². The highest BCUT2D eigenvalue weighted by molar-refractivity contribution is 5.77. The van der Waals surface area contributed by atoms with Crippen LogP contribution in [0.3, 0.4) is 0 Å². The molecule has 2 aliphatic rings. The van der Waals surface area contributed by atoms with E-state index >= 15 is 0 Å². The number of fused-ring (bicyclic) bond motifs is 1. The molecule has 3 unspecified atom stereocenters. The minimum Gasteiger partial charge on any atom is -0.481 e. The highest BCUT2D eigenvalue weighted by Crippen LogP contribution is 2.57. The molecule has 74 valence electrons. The number of aliphatic carboxylic acids is 1. The summed E-state index contributed by atoms with van der Waals surface area (Å²) in [5.41, 5.74) is -0.376. The Morgan fingerprint density at radius 2 is 2.38 bits per heavy atom. The molecule has 1 N–H and O–H groups in total. The molecule has 13 heavy (non-hydrogen) atoms. The molecule has 2 rings (SSSR count). The van der Waals surface area contributed by atoms with Crippen molar-refractivity contribution in [3.8, 4) is 0 Å². The van der Waals surface area contributed by atoms with Crippen LogP contribution >= 0.6 is 0 Å². The quantitative estimate of drug-likeness (QED) is 0.659. The van der Waals surface area contributed by atoms with Crippen LogP contribution in [0.15, 0.2) is 0 Å². The Bertz CT molecular complexity index is 243. The summed E-state index contributed by atoms with van der Waals surface area (Å²) in [4.78, 5) is 13.0. The van der Waals surface area contributed by atoms with Crippen molar-refractivity contribution < 1.29 is 14.6 Å². The third-order valence-electron chi connectivity index (χ3n) is 3.43. The summed E-state index contributed by atoms with van der Waals surface area (Å²) in [6, 6.07) is 0. The zero-order valence-electron chi connectivity index (χ0n) is 7.99. The van der Waals surface area contributed by atoms with Crippen molar-refractivity contribution in [1.82, 2.24) is 4.90 Å². The Morgan fingerprint density at radius 1 is 1.69 bits per heavy atom. The first-order valence-electron chi connectivity index (χ1n) is 4.58. The lowest BCUT2D eigenvalue weighted by Crippen LogP contribution is -2.39. The SMILES string of the molecule is COC12CN(C)CCC1C2C(=O)O. The summed E-state index contributed by atoms with van der Waals surface area (Å²) < 4.78 is 5.37. The molecule has 3 atom stereocenters. The summed E-state index contributed by atoms with van der Waals surface area (Å²) in [7, 11) is 3.63. The van der Waals surface area contributed by atoms with E-state index in [-0.39, 0.29) is 17.4 Å². The maximum Gasteiger partial charge on any atom is 0.309 e. The van der Waals surface area contributed by atoms with Crippen LogP contribution in [0.1, 0.15) is 6.42 Å². The summed E-state index contributed by atoms with van der Waals surface area (Å²) in [6.45, 7) is 1.74. The molecule has 0 radical (unpaired) electrons. The van der Waals surface area contributed by atoms with Gasteiger partial charge in [0.1, 0.15) is 0 Å². The minimum absolute atomic E-state index is 0.242. The predicted octanol–water partition coefficient (Wildman–Crippen LogP) is 0.0377. The highest BCUT2D eigenvalue weighted by Gasteiger charge is 2.70. The van der Waals surface area contributed by atoms with E-state index in [0.29, 0.717) is 0 Å². The molecule has 2 fully saturated rings. The van der Waals surface area contributed by atoms with E-state index in [0.717, 1.165) is 19.5 Å². The van der Waals surface area contributed by atoms with Gasteiger partial charge in [0.05, 0.1) is 11.5 Å². The van der Waals surface area contributed by atoms with Crippen LogP contribution in [-0.4, -0.2) is 48.8 Å². The van der Waals surface area contributed by atoms with Crippen LogP contribution in [-0.2, 0) is 9.53 Å². The Kier molecular flexibility index (Phi) is 1.85. The molecule has 0 aromatic heterocycles. The van der Waals surface area contributed by atoms with Gasteiger partial charge in [-0.1, -0.05) is 0 Å². The molecule has 1 heterocycles. The largest absolute Gasteiger partial charge is 0.481 e. The number of nitrogens with zero attached hydrogens (tertiary/aromatic N) is 1. The van der Waals surface area contributed by atoms with Gasteiger partial charge in [0.2, 0.25) is 0 Å². The average Bonchev–Trinajstić information content (AvgIpc) is 2.73. The van der Waals surface area contributed by atoms with Gasteiger partial charge in [-0.05, 0) is 20.0 Å². The molecule has 0 spiro atoms. The van der Waals surface area contributed by atoms with Gasteiger partial charge in [-0.15, -0.1) is 0 Å².